The number of alkyl carbamates (subject to hydrolysis) is 1. The van der Waals surface area contributed by atoms with Crippen molar-refractivity contribution in [2.45, 2.75) is 104 Å². The smallest absolute Gasteiger partial charge is 0.407 e. The molecule has 208 valence electrons. The maximum Gasteiger partial charge on any atom is 0.407 e. The van der Waals surface area contributed by atoms with Crippen molar-refractivity contribution in [2.24, 2.45) is 11.8 Å². The molecule has 0 bridgehead atoms. The first-order valence-corrected chi connectivity index (χ1v) is 13.7. The van der Waals surface area contributed by atoms with Gasteiger partial charge in [0.1, 0.15) is 11.6 Å². The van der Waals surface area contributed by atoms with Crippen LogP contribution in [0.3, 0.4) is 0 Å². The molecule has 1 aliphatic rings. The van der Waals surface area contributed by atoms with Crippen molar-refractivity contribution in [2.75, 3.05) is 13.1 Å². The lowest BCUT2D eigenvalue weighted by molar-refractivity contribution is -0.132. The van der Waals surface area contributed by atoms with E-state index in [1.165, 1.54) is 0 Å². The zero-order valence-electron chi connectivity index (χ0n) is 23.8. The molecule has 8 heteroatoms. The van der Waals surface area contributed by atoms with Gasteiger partial charge >= 0.3 is 6.09 Å². The maximum atomic E-state index is 13.4. The Kier molecular flexibility index (Phi) is 11.9. The summed E-state index contributed by atoms with van der Waals surface area (Å²) < 4.78 is 5.47. The van der Waals surface area contributed by atoms with Crippen molar-refractivity contribution in [3.63, 3.8) is 0 Å². The van der Waals surface area contributed by atoms with E-state index < -0.39 is 17.7 Å². The average Bonchev–Trinajstić information content (AvgIpc) is 3.27. The van der Waals surface area contributed by atoms with Gasteiger partial charge in [-0.15, -0.1) is 0 Å². The van der Waals surface area contributed by atoms with Crippen LogP contribution >= 0.6 is 0 Å². The fraction of sp³-hybridized carbons (Fsp3) is 0.690. The van der Waals surface area contributed by atoms with Crippen molar-refractivity contribution >= 4 is 17.9 Å². The van der Waals surface area contributed by atoms with Gasteiger partial charge in [0.2, 0.25) is 11.8 Å². The summed E-state index contributed by atoms with van der Waals surface area (Å²) in [4.78, 5) is 41.1. The number of rotatable bonds is 12. The fourth-order valence-electron chi connectivity index (χ4n) is 4.69. The highest BCUT2D eigenvalue weighted by Gasteiger charge is 2.36. The first-order valence-electron chi connectivity index (χ1n) is 13.7. The number of nitrogens with zero attached hydrogens (tertiary/aromatic N) is 1. The normalized spacial score (nSPS) is 18.6. The van der Waals surface area contributed by atoms with Gasteiger partial charge in [-0.3, -0.25) is 14.5 Å². The predicted octanol–water partition coefficient (Wildman–Crippen LogP) is 4.24. The number of amides is 3. The number of carbonyl (C=O) groups is 3. The van der Waals surface area contributed by atoms with Gasteiger partial charge in [0.15, 0.2) is 0 Å². The number of nitrogens with one attached hydrogen (secondary N) is 3. The molecule has 1 saturated heterocycles. The first-order chi connectivity index (χ1) is 17.4. The number of carbonyl (C=O) groups excluding carboxylic acids is 3. The van der Waals surface area contributed by atoms with E-state index in [4.69, 9.17) is 4.74 Å². The molecule has 0 unspecified atom stereocenters. The largest absolute Gasteiger partial charge is 0.444 e. The van der Waals surface area contributed by atoms with Crippen LogP contribution in [-0.2, 0) is 20.9 Å². The Morgan fingerprint density at radius 3 is 2.35 bits per heavy atom. The van der Waals surface area contributed by atoms with E-state index in [2.05, 4.69) is 34.7 Å². The molecule has 3 N–H and O–H groups in total. The van der Waals surface area contributed by atoms with Crippen molar-refractivity contribution in [3.05, 3.63) is 35.9 Å². The zero-order valence-corrected chi connectivity index (χ0v) is 23.8. The Morgan fingerprint density at radius 2 is 1.76 bits per heavy atom. The van der Waals surface area contributed by atoms with Gasteiger partial charge in [0, 0.05) is 19.1 Å². The molecule has 37 heavy (non-hydrogen) atoms. The van der Waals surface area contributed by atoms with Crippen molar-refractivity contribution in [1.82, 2.24) is 20.9 Å². The van der Waals surface area contributed by atoms with E-state index in [-0.39, 0.29) is 29.8 Å². The fourth-order valence-corrected chi connectivity index (χ4v) is 4.69. The highest BCUT2D eigenvalue weighted by Crippen LogP contribution is 2.21. The molecule has 8 nitrogen and oxygen atoms in total. The minimum absolute atomic E-state index is 0.00268. The Bertz CT molecular complexity index is 868. The van der Waals surface area contributed by atoms with Crippen molar-refractivity contribution in [1.29, 1.82) is 0 Å². The monoisotopic (exact) mass is 516 g/mol. The molecule has 1 heterocycles. The lowest BCUT2D eigenvalue weighted by atomic mass is 9.97. The third kappa shape index (κ3) is 10.7. The Morgan fingerprint density at radius 1 is 1.08 bits per heavy atom. The minimum Gasteiger partial charge on any atom is -0.444 e. The van der Waals surface area contributed by atoms with Crippen LogP contribution in [0.5, 0.6) is 0 Å². The number of hydrogen-bond acceptors (Lipinski definition) is 5. The minimum atomic E-state index is -0.602. The summed E-state index contributed by atoms with van der Waals surface area (Å²) in [5, 5.41) is 9.05. The topological polar surface area (TPSA) is 99.8 Å². The quantitative estimate of drug-likeness (QED) is 0.386. The summed E-state index contributed by atoms with van der Waals surface area (Å²) in [6.45, 7) is 15.5. The van der Waals surface area contributed by atoms with E-state index in [0.29, 0.717) is 19.0 Å². The van der Waals surface area contributed by atoms with E-state index >= 15 is 0 Å². The predicted molar refractivity (Wildman–Crippen MR) is 147 cm³/mol. The van der Waals surface area contributed by atoms with E-state index in [0.717, 1.165) is 37.8 Å². The third-order valence-corrected chi connectivity index (χ3v) is 6.70. The van der Waals surface area contributed by atoms with Crippen LogP contribution < -0.4 is 16.0 Å². The summed E-state index contributed by atoms with van der Waals surface area (Å²) in [7, 11) is 0. The molecular formula is C29H48N4O4. The van der Waals surface area contributed by atoms with Crippen molar-refractivity contribution < 1.29 is 19.1 Å². The lowest BCUT2D eigenvalue weighted by Gasteiger charge is -2.32. The van der Waals surface area contributed by atoms with Crippen LogP contribution in [0.1, 0.15) is 79.7 Å². The van der Waals surface area contributed by atoms with Gasteiger partial charge in [0.05, 0.1) is 6.04 Å². The first kappa shape index (κ1) is 30.6. The summed E-state index contributed by atoms with van der Waals surface area (Å²) in [5.74, 6) is 0.0774. The Labute approximate surface area is 223 Å². The lowest BCUT2D eigenvalue weighted by Crippen LogP contribution is -2.56. The second kappa shape index (κ2) is 14.4. The summed E-state index contributed by atoms with van der Waals surface area (Å²) in [5.41, 5.74) is 0.440. The van der Waals surface area contributed by atoms with Crippen molar-refractivity contribution in [3.8, 4) is 0 Å². The van der Waals surface area contributed by atoms with Crippen LogP contribution in [0, 0.1) is 11.8 Å². The van der Waals surface area contributed by atoms with Crippen LogP contribution in [0.2, 0.25) is 0 Å². The SMILES string of the molecule is CC[C@@H](C)[C@H](NC(=O)[C@@H]1CCCN1C[C@H](CC(C)C)NC(=O)OC(C)(C)C)C(=O)NCc1ccccc1. The Hall–Kier alpha value is -2.61. The zero-order chi connectivity index (χ0) is 27.6. The molecule has 0 aromatic heterocycles. The van der Waals surface area contributed by atoms with Gasteiger partial charge in [0.25, 0.3) is 0 Å². The van der Waals surface area contributed by atoms with E-state index in [1.54, 1.807) is 0 Å². The molecule has 1 fully saturated rings. The van der Waals surface area contributed by atoms with Crippen LogP contribution in [-0.4, -0.2) is 59.6 Å². The number of benzene rings is 1. The van der Waals surface area contributed by atoms with Gasteiger partial charge in [-0.05, 0) is 64.0 Å². The molecule has 0 spiro atoms. The highest BCUT2D eigenvalue weighted by atomic mass is 16.6. The molecule has 2 rings (SSSR count). The standard InChI is InChI=1S/C29H48N4O4/c1-8-21(4)25(27(35)30-18-22-13-10-9-11-14-22)32-26(34)24-15-12-16-33(24)19-23(17-20(2)3)31-28(36)37-29(5,6)7/h9-11,13-14,20-21,23-25H,8,12,15-19H2,1-7H3,(H,30,35)(H,31,36)(H,32,34)/t21-,23+,24+,25+/m1/s1. The summed E-state index contributed by atoms with van der Waals surface area (Å²) in [6, 6.07) is 8.68. The van der Waals surface area contributed by atoms with Gasteiger partial charge in [-0.2, -0.15) is 0 Å². The van der Waals surface area contributed by atoms with Gasteiger partial charge in [-0.1, -0.05) is 64.4 Å². The van der Waals surface area contributed by atoms with Crippen LogP contribution in [0.4, 0.5) is 4.79 Å². The molecule has 1 aromatic carbocycles. The molecular weight excluding hydrogens is 468 g/mol. The summed E-state index contributed by atoms with van der Waals surface area (Å²) >= 11 is 0. The highest BCUT2D eigenvalue weighted by molar-refractivity contribution is 5.90. The molecule has 0 radical (unpaired) electrons. The number of hydrogen-bond donors (Lipinski definition) is 3. The second-order valence-electron chi connectivity index (χ2n) is 11.7. The molecule has 4 atom stereocenters. The summed E-state index contributed by atoms with van der Waals surface area (Å²) in [6.07, 6.45) is 2.74. The number of likely N-dealkylation sites (tertiary alicyclic amines) is 1. The van der Waals surface area contributed by atoms with Crippen LogP contribution in [0.15, 0.2) is 30.3 Å². The molecule has 0 aliphatic carbocycles. The van der Waals surface area contributed by atoms with E-state index in [9.17, 15) is 14.4 Å². The Balaban J connectivity index is 2.04. The third-order valence-electron chi connectivity index (χ3n) is 6.70. The molecule has 1 aliphatic heterocycles. The average molecular weight is 517 g/mol. The van der Waals surface area contributed by atoms with Gasteiger partial charge < -0.3 is 20.7 Å². The molecule has 0 saturated carbocycles. The second-order valence-corrected chi connectivity index (χ2v) is 11.7. The van der Waals surface area contributed by atoms with E-state index in [1.807, 2.05) is 65.0 Å². The molecule has 1 aromatic rings. The molecule has 3 amide bonds. The van der Waals surface area contributed by atoms with Crippen LogP contribution in [0.25, 0.3) is 0 Å². The maximum absolute atomic E-state index is 13.4. The van der Waals surface area contributed by atoms with Gasteiger partial charge in [-0.25, -0.2) is 4.79 Å². The number of ether oxygens (including phenoxy) is 1.